The number of allylic oxidation sites excluding steroid dienone is 1. The smallest absolute Gasteiger partial charge is 0.364 e. The van der Waals surface area contributed by atoms with Crippen molar-refractivity contribution in [1.29, 1.82) is 0 Å². The molecule has 0 bridgehead atoms. The average Bonchev–Trinajstić information content (AvgIpc) is 0.748. The Morgan fingerprint density at radius 2 is 0.769 bits per heavy atom. The molecule has 780 valence electrons. The van der Waals surface area contributed by atoms with Gasteiger partial charge in [0.05, 0.1) is 88.8 Å². The summed E-state index contributed by atoms with van der Waals surface area (Å²) in [5.74, 6) is -16.1. The van der Waals surface area contributed by atoms with Crippen molar-refractivity contribution in [1.82, 2.24) is 16.0 Å². The summed E-state index contributed by atoms with van der Waals surface area (Å²) in [6.07, 6.45) is -22.7. The van der Waals surface area contributed by atoms with Crippen molar-refractivity contribution in [2.75, 3.05) is 46.2 Å². The molecule has 6 rings (SSSR count). The third-order valence-corrected chi connectivity index (χ3v) is 26.1. The highest BCUT2D eigenvalue weighted by molar-refractivity contribution is 5.78. The van der Waals surface area contributed by atoms with Crippen molar-refractivity contribution in [3.63, 3.8) is 0 Å². The van der Waals surface area contributed by atoms with Gasteiger partial charge in [-0.2, -0.15) is 0 Å². The normalized spacial score (nSPS) is 33.9. The molecule has 34 unspecified atom stereocenters. The monoisotopic (exact) mass is 1930 g/mol. The summed E-state index contributed by atoms with van der Waals surface area (Å²) in [7, 11) is 0. The molecule has 0 aromatic rings. The summed E-state index contributed by atoms with van der Waals surface area (Å²) < 4.78 is 72.9. The molecule has 6 aliphatic heterocycles. The molecule has 42 heteroatoms. The fourth-order valence-electron chi connectivity index (χ4n) is 18.4. The van der Waals surface area contributed by atoms with E-state index in [1.807, 2.05) is 0 Å². The zero-order valence-corrected chi connectivity index (χ0v) is 78.7. The van der Waals surface area contributed by atoms with E-state index in [0.717, 1.165) is 85.0 Å². The maximum Gasteiger partial charge on any atom is 0.364 e. The van der Waals surface area contributed by atoms with Crippen molar-refractivity contribution < 1.29 is 193 Å². The molecule has 24 N–H and O–H groups in total. The largest absolute Gasteiger partial charge is 0.477 e. The van der Waals surface area contributed by atoms with Gasteiger partial charge < -0.3 is 185 Å². The van der Waals surface area contributed by atoms with E-state index in [2.05, 4.69) is 29.8 Å². The third-order valence-electron chi connectivity index (χ3n) is 26.1. The first kappa shape index (κ1) is 118. The number of carboxylic acids is 2. The first-order valence-electron chi connectivity index (χ1n) is 48.9. The number of aliphatic hydroxyl groups is 19. The van der Waals surface area contributed by atoms with Crippen molar-refractivity contribution in [3.8, 4) is 0 Å². The van der Waals surface area contributed by atoms with E-state index in [9.17, 15) is 136 Å². The van der Waals surface area contributed by atoms with Crippen LogP contribution in [0.3, 0.4) is 0 Å². The molecular formula is C92H163N3O39. The van der Waals surface area contributed by atoms with E-state index in [1.54, 1.807) is 6.08 Å². The maximum absolute atomic E-state index is 14.1. The number of aliphatic hydroxyl groups excluding tert-OH is 19. The maximum atomic E-state index is 14.1. The predicted octanol–water partition coefficient (Wildman–Crippen LogP) is -0.0473. The molecule has 3 amide bonds. The molecule has 0 aromatic heterocycles. The fraction of sp³-hybridized carbons (Fsp3) is 0.913. The van der Waals surface area contributed by atoms with Crippen LogP contribution in [0.15, 0.2) is 12.2 Å². The topological polar surface area (TPSA) is 674 Å². The molecule has 6 fully saturated rings. The number of carbonyl (C=O) groups excluding carboxylic acids is 4. The minimum Gasteiger partial charge on any atom is -0.477 e. The lowest BCUT2D eigenvalue weighted by Gasteiger charge is -2.53. The molecule has 0 spiro atoms. The van der Waals surface area contributed by atoms with E-state index in [0.29, 0.717) is 12.8 Å². The fourth-order valence-corrected chi connectivity index (χ4v) is 18.4. The van der Waals surface area contributed by atoms with Crippen LogP contribution in [0.2, 0.25) is 0 Å². The van der Waals surface area contributed by atoms with Crippen LogP contribution >= 0.6 is 0 Å². The van der Waals surface area contributed by atoms with Gasteiger partial charge in [0.15, 0.2) is 25.2 Å². The molecule has 0 radical (unpaired) electrons. The Labute approximate surface area is 785 Å². The van der Waals surface area contributed by atoms with Gasteiger partial charge in [0.2, 0.25) is 17.7 Å². The van der Waals surface area contributed by atoms with Gasteiger partial charge in [-0.1, -0.05) is 225 Å². The molecule has 34 atom stereocenters. The quantitative estimate of drug-likeness (QED) is 0.0280. The molecular weight excluding hydrogens is 1770 g/mol. The Bertz CT molecular complexity index is 3330. The first-order valence-corrected chi connectivity index (χ1v) is 48.9. The highest BCUT2D eigenvalue weighted by atomic mass is 16.8. The molecule has 134 heavy (non-hydrogen) atoms. The number of nitrogens with one attached hydrogen (secondary N) is 3. The molecule has 6 aliphatic rings. The predicted molar refractivity (Wildman–Crippen MR) is 473 cm³/mol. The molecule has 6 heterocycles. The number of Topliss-reactive ketones (excluding diaryl/α,β-unsaturated/α-hetero) is 1. The van der Waals surface area contributed by atoms with Gasteiger partial charge in [0.25, 0.3) is 11.6 Å². The standard InChI is InChI=1S/C92H163N3O39/c1-6-8-10-12-14-16-18-20-21-22-23-24-25-26-27-28-30-32-34-36-38-40-42-67(110)95-57(58(105)41-39-37-35-33-31-29-19-17-15-13-11-9-7-2)52-123-86-75(116)74(115)79(65(50-100)126-86)129-88-77(118)84(134-92(90(121)122)45-60(107)69(94-55(5)104)82(132-92)71(112)62(109)47-97)80(66(51-101)127-88)130-85-56(43-53(3)102)78(72(113)63(48-98)124-85)128-87-76(117)83(73(114)64(49-99)125-87)133-91(89(119)120)44-59(106)68(93-54(4)103)81(131-91)70(111)61(108)46-96/h39,41,56-66,68-88,96-101,105-109,111-118H,6-38,40,42-52H2,1-5H3,(H,93,103)(H,94,104)(H,95,110)(H,119,120)(H,121,122). The summed E-state index contributed by atoms with van der Waals surface area (Å²) in [6.45, 7) is -0.583. The lowest BCUT2D eigenvalue weighted by molar-refractivity contribution is -0.408. The number of ether oxygens (including phenoxy) is 12. The second-order valence-electron chi connectivity index (χ2n) is 37.1. The highest BCUT2D eigenvalue weighted by Gasteiger charge is 2.64. The minimum absolute atomic E-state index is 0.0988. The minimum atomic E-state index is -3.49. The van der Waals surface area contributed by atoms with Crippen LogP contribution in [-0.4, -0.2) is 390 Å². The number of ketones is 1. The third kappa shape index (κ3) is 36.2. The number of carbonyl (C=O) groups is 6. The summed E-state index contributed by atoms with van der Waals surface area (Å²) in [5, 5.41) is 246. The van der Waals surface area contributed by atoms with E-state index in [4.69, 9.17) is 56.8 Å². The number of unbranched alkanes of at least 4 members (excludes halogenated alkanes) is 32. The van der Waals surface area contributed by atoms with Crippen LogP contribution < -0.4 is 16.0 Å². The zero-order valence-electron chi connectivity index (χ0n) is 78.7. The second kappa shape index (κ2) is 62.1. The van der Waals surface area contributed by atoms with Crippen LogP contribution in [-0.2, 0) is 85.6 Å². The van der Waals surface area contributed by atoms with Crippen molar-refractivity contribution in [2.24, 2.45) is 5.92 Å². The van der Waals surface area contributed by atoms with Gasteiger partial charge in [0.1, 0.15) is 128 Å². The first-order chi connectivity index (χ1) is 64.1. The lowest BCUT2D eigenvalue weighted by Crippen LogP contribution is -2.71. The molecule has 0 aliphatic carbocycles. The van der Waals surface area contributed by atoms with Crippen molar-refractivity contribution >= 4 is 35.4 Å². The van der Waals surface area contributed by atoms with E-state index < -0.39 is 308 Å². The Balaban J connectivity index is 1.25. The van der Waals surface area contributed by atoms with Crippen LogP contribution in [0, 0.1) is 5.92 Å². The summed E-state index contributed by atoms with van der Waals surface area (Å²) >= 11 is 0. The lowest BCUT2D eigenvalue weighted by atomic mass is 9.86. The number of amides is 3. The zero-order chi connectivity index (χ0) is 98.8. The SMILES string of the molecule is CCCCCCCCCCCCCC=CC(O)C(COC1OC(CO)C(OC2OC(CO)C(OC3OC(CO)C(O)C(OC4OC(CO)C(O)C(OC5(C(=O)O)CC(O)C(NC(C)=O)C(C(O)C(O)CO)O5)C4O)C3CC(C)=O)C(OC3(C(=O)O)CC(O)C(NC(C)=O)C(C(O)C(O)CO)O3)C2O)C(O)C1O)NC(=O)CCCCCCCCCCCCCCCCCCCCCCCC. The van der Waals surface area contributed by atoms with Crippen LogP contribution in [0.1, 0.15) is 279 Å². The van der Waals surface area contributed by atoms with E-state index in [1.165, 1.54) is 147 Å². The second-order valence-corrected chi connectivity index (χ2v) is 37.1. The number of hydrogen-bond acceptors (Lipinski definition) is 37. The van der Waals surface area contributed by atoms with Gasteiger partial charge >= 0.3 is 11.9 Å². The molecule has 42 nitrogen and oxygen atoms in total. The Kier molecular flexibility index (Phi) is 54.7. The number of carboxylic acid groups (broad SMARTS) is 2. The van der Waals surface area contributed by atoms with Crippen LogP contribution in [0.5, 0.6) is 0 Å². The van der Waals surface area contributed by atoms with Crippen molar-refractivity contribution in [3.05, 3.63) is 12.2 Å². The van der Waals surface area contributed by atoms with Gasteiger partial charge in [-0.3, -0.25) is 14.4 Å². The molecule has 0 aromatic carbocycles. The molecule has 0 saturated carbocycles. The van der Waals surface area contributed by atoms with Crippen LogP contribution in [0.25, 0.3) is 0 Å². The number of aliphatic carboxylic acids is 2. The Morgan fingerprint density at radius 1 is 0.410 bits per heavy atom. The van der Waals surface area contributed by atoms with Gasteiger partial charge in [-0.15, -0.1) is 0 Å². The van der Waals surface area contributed by atoms with Gasteiger partial charge in [-0.25, -0.2) is 9.59 Å². The Morgan fingerprint density at radius 3 is 1.17 bits per heavy atom. The van der Waals surface area contributed by atoms with Gasteiger partial charge in [0, 0.05) is 45.4 Å². The summed E-state index contributed by atoms with van der Waals surface area (Å²) in [5.41, 5.74) is 0. The Hall–Kier alpha value is -4.48. The van der Waals surface area contributed by atoms with E-state index >= 15 is 0 Å². The van der Waals surface area contributed by atoms with E-state index in [-0.39, 0.29) is 6.42 Å². The molecule has 6 saturated heterocycles. The number of hydrogen-bond donors (Lipinski definition) is 24. The number of rotatable bonds is 67. The average molecular weight is 1940 g/mol. The van der Waals surface area contributed by atoms with Crippen LogP contribution in [0.4, 0.5) is 0 Å². The summed E-state index contributed by atoms with van der Waals surface area (Å²) in [6, 6.07) is -4.77. The summed E-state index contributed by atoms with van der Waals surface area (Å²) in [4.78, 5) is 79.9. The van der Waals surface area contributed by atoms with Crippen molar-refractivity contribution in [2.45, 2.75) is 480 Å². The highest BCUT2D eigenvalue weighted by Crippen LogP contribution is 2.45. The van der Waals surface area contributed by atoms with Gasteiger partial charge in [-0.05, 0) is 26.2 Å².